The summed E-state index contributed by atoms with van der Waals surface area (Å²) in [4.78, 5) is 23.3. The van der Waals surface area contributed by atoms with Crippen LogP contribution in [0.4, 0.5) is 0 Å². The van der Waals surface area contributed by atoms with E-state index in [1.807, 2.05) is 18.2 Å². The van der Waals surface area contributed by atoms with Crippen molar-refractivity contribution in [3.63, 3.8) is 0 Å². The Hall–Kier alpha value is -3.97. The van der Waals surface area contributed by atoms with Gasteiger partial charge in [-0.25, -0.2) is 10.9 Å². The molecular weight excluding hydrogens is 358 g/mol. The number of aromatic hydroxyl groups is 1. The fraction of sp³-hybridized carbons (Fsp3) is 0. The Morgan fingerprint density at radius 3 is 2.54 bits per heavy atom. The number of amides is 2. The molecule has 7 heteroatoms. The zero-order valence-electron chi connectivity index (χ0n) is 14.7. The summed E-state index contributed by atoms with van der Waals surface area (Å²) >= 11 is 0. The molecule has 140 valence electrons. The number of fused-ring (bicyclic) bond motifs is 1. The minimum absolute atomic E-state index is 0.177. The molecule has 0 saturated carbocycles. The summed E-state index contributed by atoms with van der Waals surface area (Å²) in [5, 5.41) is 23.9. The molecule has 0 saturated heterocycles. The summed E-state index contributed by atoms with van der Waals surface area (Å²) < 4.78 is 0. The van der Waals surface area contributed by atoms with Gasteiger partial charge in [0.25, 0.3) is 11.8 Å². The lowest BCUT2D eigenvalue weighted by molar-refractivity contribution is -0.124. The fourth-order valence-corrected chi connectivity index (χ4v) is 2.64. The van der Waals surface area contributed by atoms with Crippen molar-refractivity contribution in [1.82, 2.24) is 10.9 Å². The molecule has 3 aromatic rings. The minimum Gasteiger partial charge on any atom is -0.507 e. The molecule has 0 fully saturated rings. The zero-order valence-corrected chi connectivity index (χ0v) is 14.7. The number of nitrogens with zero attached hydrogens (tertiary/aromatic N) is 1. The number of phenolic OH excluding ortho intramolecular Hbond substituents is 1. The molecule has 0 aliphatic rings. The number of phenols is 1. The maximum absolute atomic E-state index is 12.3. The van der Waals surface area contributed by atoms with Crippen LogP contribution in [0, 0.1) is 0 Å². The van der Waals surface area contributed by atoms with E-state index in [1.54, 1.807) is 42.5 Å². The van der Waals surface area contributed by atoms with Gasteiger partial charge in [0.2, 0.25) is 0 Å². The quantitative estimate of drug-likeness (QED) is 0.238. The Bertz CT molecular complexity index is 1090. The molecule has 4 N–H and O–H groups in total. The van der Waals surface area contributed by atoms with Crippen LogP contribution in [0.3, 0.4) is 0 Å². The third-order valence-electron chi connectivity index (χ3n) is 3.99. The van der Waals surface area contributed by atoms with E-state index in [4.69, 9.17) is 5.21 Å². The Kier molecular flexibility index (Phi) is 5.78. The molecule has 0 heterocycles. The molecule has 7 nitrogen and oxygen atoms in total. The standard InChI is InChI=1S/C21H17N3O4/c25-19-10-9-16(17-6-1-2-7-18(17)19)13-22-23-21(27)15-5-3-4-14(12-15)8-11-20(26)24-28/h1-13,25,28H,(H,23,27)(H,24,26)/b11-8+,22-13+. The molecule has 0 aliphatic carbocycles. The molecule has 3 rings (SSSR count). The van der Waals surface area contributed by atoms with Crippen molar-refractivity contribution in [3.05, 3.63) is 83.4 Å². The first kappa shape index (κ1) is 18.8. The van der Waals surface area contributed by atoms with Crippen LogP contribution in [0.1, 0.15) is 21.5 Å². The van der Waals surface area contributed by atoms with Crippen LogP contribution >= 0.6 is 0 Å². The largest absolute Gasteiger partial charge is 0.507 e. The summed E-state index contributed by atoms with van der Waals surface area (Å²) in [5.74, 6) is -0.904. The van der Waals surface area contributed by atoms with E-state index in [1.165, 1.54) is 17.8 Å². The molecule has 0 aromatic heterocycles. The number of rotatable bonds is 5. The van der Waals surface area contributed by atoms with E-state index in [0.29, 0.717) is 16.5 Å². The minimum atomic E-state index is -0.666. The molecule has 0 aliphatic heterocycles. The predicted octanol–water partition coefficient (Wildman–Crippen LogP) is 2.83. The number of hydroxylamine groups is 1. The van der Waals surface area contributed by atoms with Crippen LogP contribution in [-0.4, -0.2) is 28.3 Å². The number of carbonyl (C=O) groups is 2. The third kappa shape index (κ3) is 4.40. The lowest BCUT2D eigenvalue weighted by Gasteiger charge is -2.04. The Labute approximate surface area is 160 Å². The number of benzene rings is 3. The van der Waals surface area contributed by atoms with Crippen LogP contribution in [0.15, 0.2) is 71.8 Å². The van der Waals surface area contributed by atoms with Crippen molar-refractivity contribution < 1.29 is 19.9 Å². The molecule has 0 spiro atoms. The topological polar surface area (TPSA) is 111 Å². The van der Waals surface area contributed by atoms with Gasteiger partial charge in [0.15, 0.2) is 0 Å². The van der Waals surface area contributed by atoms with Crippen LogP contribution in [0.2, 0.25) is 0 Å². The predicted molar refractivity (Wildman–Crippen MR) is 106 cm³/mol. The van der Waals surface area contributed by atoms with Gasteiger partial charge in [0.05, 0.1) is 6.21 Å². The monoisotopic (exact) mass is 375 g/mol. The Morgan fingerprint density at radius 1 is 0.964 bits per heavy atom. The maximum Gasteiger partial charge on any atom is 0.271 e. The van der Waals surface area contributed by atoms with Gasteiger partial charge >= 0.3 is 0 Å². The smallest absolute Gasteiger partial charge is 0.271 e. The molecule has 0 radical (unpaired) electrons. The van der Waals surface area contributed by atoms with Gasteiger partial charge in [0, 0.05) is 22.6 Å². The van der Waals surface area contributed by atoms with Crippen molar-refractivity contribution in [2.24, 2.45) is 5.10 Å². The molecule has 0 unspecified atom stereocenters. The van der Waals surface area contributed by atoms with E-state index in [9.17, 15) is 14.7 Å². The molecule has 2 amide bonds. The third-order valence-corrected chi connectivity index (χ3v) is 3.99. The van der Waals surface area contributed by atoms with Crippen molar-refractivity contribution in [2.75, 3.05) is 0 Å². The van der Waals surface area contributed by atoms with Gasteiger partial charge < -0.3 is 5.11 Å². The fourth-order valence-electron chi connectivity index (χ4n) is 2.64. The van der Waals surface area contributed by atoms with Crippen molar-refractivity contribution in [2.45, 2.75) is 0 Å². The van der Waals surface area contributed by atoms with E-state index in [-0.39, 0.29) is 5.75 Å². The maximum atomic E-state index is 12.3. The first-order chi connectivity index (χ1) is 13.6. The summed E-state index contributed by atoms with van der Waals surface area (Å²) in [6, 6.07) is 17.2. The number of nitrogens with one attached hydrogen (secondary N) is 2. The van der Waals surface area contributed by atoms with Gasteiger partial charge in [0.1, 0.15) is 5.75 Å². The highest BCUT2D eigenvalue weighted by Crippen LogP contribution is 2.26. The van der Waals surface area contributed by atoms with Gasteiger partial charge in [-0.1, -0.05) is 36.4 Å². The summed E-state index contributed by atoms with van der Waals surface area (Å²) in [6.07, 6.45) is 4.12. The number of hydrogen-bond donors (Lipinski definition) is 4. The number of carbonyl (C=O) groups excluding carboxylic acids is 2. The van der Waals surface area contributed by atoms with Gasteiger partial charge in [-0.3, -0.25) is 14.8 Å². The first-order valence-electron chi connectivity index (χ1n) is 8.35. The molecule has 3 aromatic carbocycles. The molecule has 0 atom stereocenters. The normalized spacial score (nSPS) is 11.2. The molecule has 0 bridgehead atoms. The van der Waals surface area contributed by atoms with Crippen LogP contribution in [-0.2, 0) is 4.79 Å². The van der Waals surface area contributed by atoms with E-state index in [2.05, 4.69) is 10.5 Å². The second kappa shape index (κ2) is 8.61. The highest BCUT2D eigenvalue weighted by molar-refractivity contribution is 6.03. The molecule has 28 heavy (non-hydrogen) atoms. The van der Waals surface area contributed by atoms with Crippen molar-refractivity contribution >= 4 is 34.9 Å². The van der Waals surface area contributed by atoms with Crippen LogP contribution < -0.4 is 10.9 Å². The highest BCUT2D eigenvalue weighted by atomic mass is 16.5. The Morgan fingerprint density at radius 2 is 1.75 bits per heavy atom. The van der Waals surface area contributed by atoms with Gasteiger partial charge in [-0.2, -0.15) is 5.10 Å². The summed E-state index contributed by atoms with van der Waals surface area (Å²) in [5.41, 5.74) is 5.67. The lowest BCUT2D eigenvalue weighted by atomic mass is 10.0. The van der Waals surface area contributed by atoms with Gasteiger partial charge in [-0.05, 0) is 41.3 Å². The Balaban J connectivity index is 1.73. The van der Waals surface area contributed by atoms with Gasteiger partial charge in [-0.15, -0.1) is 0 Å². The van der Waals surface area contributed by atoms with E-state index >= 15 is 0 Å². The zero-order chi connectivity index (χ0) is 19.9. The number of hydrogen-bond acceptors (Lipinski definition) is 5. The lowest BCUT2D eigenvalue weighted by Crippen LogP contribution is -2.17. The SMILES string of the molecule is O=C(/C=C/c1cccc(C(=O)N/N=C/c2ccc(O)c3ccccc23)c1)NO. The molecular formula is C21H17N3O4. The second-order valence-electron chi connectivity index (χ2n) is 5.85. The van der Waals surface area contributed by atoms with Crippen molar-refractivity contribution in [1.29, 1.82) is 0 Å². The highest BCUT2D eigenvalue weighted by Gasteiger charge is 2.06. The summed E-state index contributed by atoms with van der Waals surface area (Å²) in [7, 11) is 0. The van der Waals surface area contributed by atoms with E-state index in [0.717, 1.165) is 17.0 Å². The van der Waals surface area contributed by atoms with Crippen LogP contribution in [0.25, 0.3) is 16.8 Å². The average Bonchev–Trinajstić information content (AvgIpc) is 2.74. The second-order valence-corrected chi connectivity index (χ2v) is 5.85. The summed E-state index contributed by atoms with van der Waals surface area (Å²) in [6.45, 7) is 0. The number of hydrazone groups is 1. The van der Waals surface area contributed by atoms with Crippen molar-refractivity contribution in [3.8, 4) is 5.75 Å². The van der Waals surface area contributed by atoms with Crippen LogP contribution in [0.5, 0.6) is 5.75 Å². The first-order valence-corrected chi connectivity index (χ1v) is 8.35. The van der Waals surface area contributed by atoms with E-state index < -0.39 is 11.8 Å². The average molecular weight is 375 g/mol.